The van der Waals surface area contributed by atoms with Crippen LogP contribution in [0.5, 0.6) is 0 Å². The quantitative estimate of drug-likeness (QED) is 0.863. The fourth-order valence-electron chi connectivity index (χ4n) is 4.05. The van der Waals surface area contributed by atoms with E-state index in [1.807, 2.05) is 0 Å². The molecule has 138 valence electrons. The van der Waals surface area contributed by atoms with E-state index >= 15 is 0 Å². The Morgan fingerprint density at radius 3 is 2.68 bits per heavy atom. The van der Waals surface area contributed by atoms with Crippen LogP contribution >= 0.6 is 0 Å². The number of amides is 1. The molecule has 2 aliphatic rings. The van der Waals surface area contributed by atoms with E-state index in [2.05, 4.69) is 36.1 Å². The number of rotatable bonds is 6. The predicted molar refractivity (Wildman–Crippen MR) is 100 cm³/mol. The van der Waals surface area contributed by atoms with Gasteiger partial charge in [0.2, 0.25) is 5.91 Å². The molecule has 0 bridgehead atoms. The van der Waals surface area contributed by atoms with Gasteiger partial charge < -0.3 is 15.4 Å². The normalized spacial score (nSPS) is 26.6. The molecule has 25 heavy (non-hydrogen) atoms. The molecule has 1 heterocycles. The first kappa shape index (κ1) is 18.4. The summed E-state index contributed by atoms with van der Waals surface area (Å²) in [5, 5.41) is 0. The second-order valence-corrected chi connectivity index (χ2v) is 7.78. The van der Waals surface area contributed by atoms with Crippen molar-refractivity contribution in [3.63, 3.8) is 0 Å². The Labute approximate surface area is 151 Å². The molecule has 0 aromatic heterocycles. The van der Waals surface area contributed by atoms with E-state index in [4.69, 9.17) is 10.5 Å². The Bertz CT molecular complexity index is 552. The minimum atomic E-state index is 0.100. The van der Waals surface area contributed by atoms with Gasteiger partial charge in [-0.1, -0.05) is 36.2 Å². The fraction of sp³-hybridized carbons (Fsp3) is 0.667. The Morgan fingerprint density at radius 2 is 2.00 bits per heavy atom. The number of carbonyl (C=O) groups is 1. The first-order valence-electron chi connectivity index (χ1n) is 9.83. The second kappa shape index (κ2) is 8.81. The summed E-state index contributed by atoms with van der Waals surface area (Å²) >= 11 is 0. The van der Waals surface area contributed by atoms with Crippen molar-refractivity contribution >= 4 is 5.91 Å². The first-order valence-corrected chi connectivity index (χ1v) is 9.83. The summed E-state index contributed by atoms with van der Waals surface area (Å²) in [6.45, 7) is 4.44. The molecule has 1 aromatic rings. The fourth-order valence-corrected chi connectivity index (χ4v) is 4.05. The lowest BCUT2D eigenvalue weighted by molar-refractivity contribution is -0.138. The van der Waals surface area contributed by atoms with Crippen LogP contribution in [-0.4, -0.2) is 42.6 Å². The van der Waals surface area contributed by atoms with E-state index in [-0.39, 0.29) is 24.0 Å². The van der Waals surface area contributed by atoms with Crippen LogP contribution in [0.4, 0.5) is 0 Å². The van der Waals surface area contributed by atoms with E-state index in [1.54, 1.807) is 0 Å². The van der Waals surface area contributed by atoms with Crippen LogP contribution in [0.15, 0.2) is 24.3 Å². The smallest absolute Gasteiger partial charge is 0.225 e. The third-order valence-electron chi connectivity index (χ3n) is 5.61. The van der Waals surface area contributed by atoms with E-state index in [0.29, 0.717) is 0 Å². The Hall–Kier alpha value is -1.39. The summed E-state index contributed by atoms with van der Waals surface area (Å²) in [4.78, 5) is 15.2. The lowest BCUT2D eigenvalue weighted by atomic mass is 9.85. The van der Waals surface area contributed by atoms with Gasteiger partial charge in [-0.15, -0.1) is 0 Å². The van der Waals surface area contributed by atoms with Gasteiger partial charge in [0.25, 0.3) is 0 Å². The third-order valence-corrected chi connectivity index (χ3v) is 5.61. The molecule has 1 aromatic carbocycles. The number of benzene rings is 1. The monoisotopic (exact) mass is 344 g/mol. The van der Waals surface area contributed by atoms with E-state index in [0.717, 1.165) is 64.6 Å². The molecule has 1 aliphatic carbocycles. The van der Waals surface area contributed by atoms with Crippen molar-refractivity contribution in [3.8, 4) is 0 Å². The number of nitrogens with two attached hydrogens (primary N) is 1. The van der Waals surface area contributed by atoms with Crippen molar-refractivity contribution in [2.75, 3.05) is 19.7 Å². The summed E-state index contributed by atoms with van der Waals surface area (Å²) < 4.78 is 5.79. The molecule has 1 saturated carbocycles. The van der Waals surface area contributed by atoms with Gasteiger partial charge in [-0.2, -0.15) is 0 Å². The molecular weight excluding hydrogens is 312 g/mol. The zero-order valence-corrected chi connectivity index (χ0v) is 15.5. The van der Waals surface area contributed by atoms with E-state index in [1.165, 1.54) is 11.1 Å². The maximum absolute atomic E-state index is 13.1. The molecule has 3 unspecified atom stereocenters. The average Bonchev–Trinajstić information content (AvgIpc) is 3.12. The third kappa shape index (κ3) is 5.29. The Kier molecular flexibility index (Phi) is 6.49. The molecule has 1 saturated heterocycles. The van der Waals surface area contributed by atoms with Gasteiger partial charge in [-0.3, -0.25) is 4.79 Å². The van der Waals surface area contributed by atoms with Crippen LogP contribution in [0, 0.1) is 12.8 Å². The molecule has 0 radical (unpaired) electrons. The van der Waals surface area contributed by atoms with Crippen molar-refractivity contribution < 1.29 is 9.53 Å². The SMILES string of the molecule is Cc1ccc(CCN(CC2CCCO2)C(=O)C2CCCC(N)C2)cc1. The van der Waals surface area contributed by atoms with Crippen molar-refractivity contribution in [3.05, 3.63) is 35.4 Å². The van der Waals surface area contributed by atoms with Gasteiger partial charge >= 0.3 is 0 Å². The predicted octanol–water partition coefficient (Wildman–Crippen LogP) is 3.06. The number of nitrogens with zero attached hydrogens (tertiary/aromatic N) is 1. The minimum Gasteiger partial charge on any atom is -0.376 e. The van der Waals surface area contributed by atoms with Crippen LogP contribution in [-0.2, 0) is 16.0 Å². The maximum atomic E-state index is 13.1. The van der Waals surface area contributed by atoms with Crippen LogP contribution in [0.3, 0.4) is 0 Å². The first-order chi connectivity index (χ1) is 12.1. The molecule has 3 atom stereocenters. The standard InChI is InChI=1S/C21H32N2O2/c1-16-7-9-17(10-8-16)11-12-23(15-20-6-3-13-25-20)21(24)18-4-2-5-19(22)14-18/h7-10,18-20H,2-6,11-15,22H2,1H3. The topological polar surface area (TPSA) is 55.6 Å². The average molecular weight is 344 g/mol. The van der Waals surface area contributed by atoms with E-state index in [9.17, 15) is 4.79 Å². The molecule has 3 rings (SSSR count). The van der Waals surface area contributed by atoms with Crippen LogP contribution in [0.1, 0.15) is 49.7 Å². The lowest BCUT2D eigenvalue weighted by Gasteiger charge is -2.32. The Balaban J connectivity index is 1.63. The summed E-state index contributed by atoms with van der Waals surface area (Å²) in [5.74, 6) is 0.390. The molecular formula is C21H32N2O2. The van der Waals surface area contributed by atoms with Gasteiger partial charge in [0, 0.05) is 31.7 Å². The number of hydrogen-bond donors (Lipinski definition) is 1. The highest BCUT2D eigenvalue weighted by atomic mass is 16.5. The Morgan fingerprint density at radius 1 is 1.20 bits per heavy atom. The second-order valence-electron chi connectivity index (χ2n) is 7.78. The van der Waals surface area contributed by atoms with Crippen molar-refractivity contribution in [1.29, 1.82) is 0 Å². The molecule has 1 amide bonds. The zero-order valence-electron chi connectivity index (χ0n) is 15.5. The molecule has 4 nitrogen and oxygen atoms in total. The summed E-state index contributed by atoms with van der Waals surface area (Å²) in [6, 6.07) is 8.80. The number of ether oxygens (including phenoxy) is 1. The number of carbonyl (C=O) groups excluding carboxylic acids is 1. The van der Waals surface area contributed by atoms with Crippen molar-refractivity contribution in [1.82, 2.24) is 4.90 Å². The van der Waals surface area contributed by atoms with Crippen molar-refractivity contribution in [2.45, 2.75) is 64.0 Å². The minimum absolute atomic E-state index is 0.100. The van der Waals surface area contributed by atoms with Gasteiger partial charge in [-0.05, 0) is 51.0 Å². The highest BCUT2D eigenvalue weighted by Crippen LogP contribution is 2.26. The zero-order chi connectivity index (χ0) is 17.6. The molecule has 1 aliphatic heterocycles. The van der Waals surface area contributed by atoms with Crippen LogP contribution in [0.25, 0.3) is 0 Å². The van der Waals surface area contributed by atoms with Crippen molar-refractivity contribution in [2.24, 2.45) is 11.7 Å². The molecule has 2 N–H and O–H groups in total. The summed E-state index contributed by atoms with van der Waals surface area (Å²) in [5.41, 5.74) is 8.67. The van der Waals surface area contributed by atoms with Gasteiger partial charge in [0.05, 0.1) is 6.10 Å². The number of hydrogen-bond acceptors (Lipinski definition) is 3. The highest BCUT2D eigenvalue weighted by Gasteiger charge is 2.30. The maximum Gasteiger partial charge on any atom is 0.225 e. The molecule has 4 heteroatoms. The summed E-state index contributed by atoms with van der Waals surface area (Å²) in [7, 11) is 0. The number of aryl methyl sites for hydroxylation is 1. The van der Waals surface area contributed by atoms with Crippen LogP contribution < -0.4 is 5.73 Å². The summed E-state index contributed by atoms with van der Waals surface area (Å²) in [6.07, 6.45) is 7.24. The lowest BCUT2D eigenvalue weighted by Crippen LogP contribution is -2.44. The van der Waals surface area contributed by atoms with E-state index < -0.39 is 0 Å². The largest absolute Gasteiger partial charge is 0.376 e. The van der Waals surface area contributed by atoms with Gasteiger partial charge in [0.1, 0.15) is 0 Å². The van der Waals surface area contributed by atoms with Gasteiger partial charge in [-0.25, -0.2) is 0 Å². The van der Waals surface area contributed by atoms with Gasteiger partial charge in [0.15, 0.2) is 0 Å². The highest BCUT2D eigenvalue weighted by molar-refractivity contribution is 5.79. The van der Waals surface area contributed by atoms with Crippen LogP contribution in [0.2, 0.25) is 0 Å². The molecule has 0 spiro atoms. The molecule has 2 fully saturated rings.